The Morgan fingerprint density at radius 3 is 2.06 bits per heavy atom. The first-order valence-corrected chi connectivity index (χ1v) is 12.4. The second-order valence-electron chi connectivity index (χ2n) is 7.00. The molecule has 0 unspecified atom stereocenters. The molecule has 4 rings (SSSR count). The first-order valence-electron chi connectivity index (χ1n) is 9.45. The summed E-state index contributed by atoms with van der Waals surface area (Å²) in [5.41, 5.74) is 0.963. The van der Waals surface area contributed by atoms with Gasteiger partial charge in [0.25, 0.3) is 0 Å². The fraction of sp³-hybridized carbons (Fsp3) is 0.0870. The predicted molar refractivity (Wildman–Crippen MR) is 117 cm³/mol. The van der Waals surface area contributed by atoms with E-state index in [0.717, 1.165) is 0 Å². The molecule has 1 N–H and O–H groups in total. The molecule has 0 aliphatic carbocycles. The fourth-order valence-corrected chi connectivity index (χ4v) is 6.63. The molecule has 0 radical (unpaired) electrons. The van der Waals surface area contributed by atoms with Crippen molar-refractivity contribution < 1.29 is 26.7 Å². The van der Waals surface area contributed by atoms with Gasteiger partial charge in [-0.3, -0.25) is 4.79 Å². The normalized spacial score (nSPS) is 20.5. The maximum Gasteiger partial charge on any atom is 0.211 e. The number of carbonyl (C=O) groups is 1. The summed E-state index contributed by atoms with van der Waals surface area (Å²) in [6.45, 7) is 1.81. The highest BCUT2D eigenvalue weighted by molar-refractivity contribution is 7.97. The molecule has 2 aromatic rings. The summed E-state index contributed by atoms with van der Waals surface area (Å²) in [6, 6.07) is 12.2. The van der Waals surface area contributed by atoms with Gasteiger partial charge in [0, 0.05) is 11.1 Å². The molecule has 2 aliphatic rings. The van der Waals surface area contributed by atoms with Crippen LogP contribution in [-0.4, -0.2) is 27.7 Å². The van der Waals surface area contributed by atoms with Gasteiger partial charge in [-0.2, -0.15) is 0 Å². The number of hydrogen-bond donors (Lipinski definition) is 1. The summed E-state index contributed by atoms with van der Waals surface area (Å²) in [4.78, 5) is 12.0. The molecule has 8 heteroatoms. The first kappa shape index (κ1) is 21.0. The van der Waals surface area contributed by atoms with Crippen LogP contribution in [0.5, 0.6) is 0 Å². The summed E-state index contributed by atoms with van der Waals surface area (Å²) >= 11 is 0. The van der Waals surface area contributed by atoms with Crippen molar-refractivity contribution in [2.24, 2.45) is 0 Å². The minimum Gasteiger partial charge on any atom is -0.506 e. The molecule has 2 heterocycles. The van der Waals surface area contributed by atoms with E-state index in [9.17, 15) is 26.7 Å². The van der Waals surface area contributed by atoms with Crippen LogP contribution in [0.1, 0.15) is 29.3 Å². The van der Waals surface area contributed by atoms with E-state index in [1.807, 2.05) is 0 Å². The number of Topliss-reactive ketones (excluding diaryl/α,β-unsaturated/α-hetero) is 1. The van der Waals surface area contributed by atoms with Gasteiger partial charge < -0.3 is 5.11 Å². The molecule has 0 amide bonds. The molecule has 158 valence electrons. The molecule has 31 heavy (non-hydrogen) atoms. The zero-order valence-corrected chi connectivity index (χ0v) is 18.1. The van der Waals surface area contributed by atoms with Crippen molar-refractivity contribution in [3.05, 3.63) is 99.3 Å². The second kappa shape index (κ2) is 7.47. The molecule has 2 aromatic carbocycles. The van der Waals surface area contributed by atoms with Crippen LogP contribution in [0, 0.1) is 0 Å². The van der Waals surface area contributed by atoms with Crippen molar-refractivity contribution in [3.8, 4) is 0 Å². The SMILES string of the molecule is CCC(C=CC1=C(O)c2ccccc2S1(=O)=O)=CC=C1C(=O)c2ccccc2S1(=O)=O. The zero-order valence-electron chi connectivity index (χ0n) is 16.4. The van der Waals surface area contributed by atoms with Gasteiger partial charge in [-0.1, -0.05) is 43.3 Å². The number of ketones is 1. The summed E-state index contributed by atoms with van der Waals surface area (Å²) in [5.74, 6) is -0.898. The molecule has 0 spiro atoms. The van der Waals surface area contributed by atoms with E-state index in [1.165, 1.54) is 48.6 Å². The van der Waals surface area contributed by atoms with Crippen LogP contribution in [0.15, 0.2) is 98.0 Å². The molecule has 0 saturated heterocycles. The van der Waals surface area contributed by atoms with E-state index < -0.39 is 25.5 Å². The molecule has 0 bridgehead atoms. The number of carbonyl (C=O) groups excluding carboxylic acids is 1. The van der Waals surface area contributed by atoms with E-state index in [2.05, 4.69) is 0 Å². The number of benzene rings is 2. The van der Waals surface area contributed by atoms with Crippen LogP contribution in [0.25, 0.3) is 5.76 Å². The van der Waals surface area contributed by atoms with Crippen molar-refractivity contribution >= 4 is 31.2 Å². The number of aliphatic hydroxyl groups excluding tert-OH is 1. The van der Waals surface area contributed by atoms with Crippen LogP contribution in [0.3, 0.4) is 0 Å². The molecular weight excluding hydrogens is 436 g/mol. The Hall–Kier alpha value is -3.23. The van der Waals surface area contributed by atoms with Gasteiger partial charge in [0.1, 0.15) is 15.6 Å². The van der Waals surface area contributed by atoms with Crippen molar-refractivity contribution in [1.29, 1.82) is 0 Å². The molecular formula is C23H18O6S2. The largest absolute Gasteiger partial charge is 0.506 e. The Bertz CT molecular complexity index is 1450. The topological polar surface area (TPSA) is 106 Å². The highest BCUT2D eigenvalue weighted by atomic mass is 32.2. The minimum atomic E-state index is -3.90. The summed E-state index contributed by atoms with van der Waals surface area (Å²) in [5, 5.41) is 10.4. The Kier molecular flexibility index (Phi) is 5.07. The van der Waals surface area contributed by atoms with Gasteiger partial charge in [-0.25, -0.2) is 16.8 Å². The predicted octanol–water partition coefficient (Wildman–Crippen LogP) is 4.15. The molecule has 0 atom stereocenters. The number of aliphatic hydroxyl groups is 1. The molecule has 0 aromatic heterocycles. The third kappa shape index (κ3) is 3.28. The van der Waals surface area contributed by atoms with E-state index >= 15 is 0 Å². The molecule has 2 aliphatic heterocycles. The number of fused-ring (bicyclic) bond motifs is 2. The van der Waals surface area contributed by atoms with Crippen molar-refractivity contribution in [3.63, 3.8) is 0 Å². The van der Waals surface area contributed by atoms with Gasteiger partial charge in [0.2, 0.25) is 25.5 Å². The standard InChI is InChI=1S/C23H18O6S2/c1-2-15(11-13-20-22(24)16-7-3-5-9-18(16)30(20,26)27)12-14-21-23(25)17-8-4-6-10-19(17)31(21,28)29/h3-14,24H,2H2,1H3. The summed E-state index contributed by atoms with van der Waals surface area (Å²) < 4.78 is 50.7. The Labute approximate surface area is 180 Å². The number of rotatable bonds is 4. The Morgan fingerprint density at radius 1 is 0.903 bits per heavy atom. The van der Waals surface area contributed by atoms with E-state index in [4.69, 9.17) is 0 Å². The number of hydrogen-bond acceptors (Lipinski definition) is 6. The Balaban J connectivity index is 1.70. The van der Waals surface area contributed by atoms with Gasteiger partial charge in [-0.05, 0) is 48.4 Å². The number of allylic oxidation sites excluding steroid dienone is 6. The van der Waals surface area contributed by atoms with Gasteiger partial charge >= 0.3 is 0 Å². The molecule has 0 fully saturated rings. The van der Waals surface area contributed by atoms with Gasteiger partial charge in [0.05, 0.1) is 9.79 Å². The monoisotopic (exact) mass is 454 g/mol. The average Bonchev–Trinajstić information content (AvgIpc) is 3.07. The van der Waals surface area contributed by atoms with Crippen molar-refractivity contribution in [2.45, 2.75) is 23.1 Å². The molecule has 0 saturated carbocycles. The van der Waals surface area contributed by atoms with Crippen LogP contribution in [0.2, 0.25) is 0 Å². The van der Waals surface area contributed by atoms with Gasteiger partial charge in [-0.15, -0.1) is 0 Å². The quantitative estimate of drug-likeness (QED) is 0.550. The smallest absolute Gasteiger partial charge is 0.211 e. The highest BCUT2D eigenvalue weighted by Gasteiger charge is 2.38. The Morgan fingerprint density at radius 2 is 1.48 bits per heavy atom. The van der Waals surface area contributed by atoms with Crippen LogP contribution in [0.4, 0.5) is 0 Å². The van der Waals surface area contributed by atoms with Crippen LogP contribution < -0.4 is 0 Å². The lowest BCUT2D eigenvalue weighted by atomic mass is 10.1. The number of sulfone groups is 2. The maximum absolute atomic E-state index is 12.7. The van der Waals surface area contributed by atoms with Crippen LogP contribution in [-0.2, 0) is 19.7 Å². The van der Waals surface area contributed by atoms with Crippen LogP contribution >= 0.6 is 0 Å². The van der Waals surface area contributed by atoms with Gasteiger partial charge in [0.15, 0.2) is 0 Å². The van der Waals surface area contributed by atoms with E-state index in [0.29, 0.717) is 12.0 Å². The third-order valence-corrected chi connectivity index (χ3v) is 8.87. The summed E-state index contributed by atoms with van der Waals surface area (Å²) in [6.07, 6.45) is 5.94. The highest BCUT2D eigenvalue weighted by Crippen LogP contribution is 2.38. The van der Waals surface area contributed by atoms with E-state index in [1.54, 1.807) is 31.2 Å². The lowest BCUT2D eigenvalue weighted by Gasteiger charge is -2.00. The second-order valence-corrected chi connectivity index (χ2v) is 10.8. The zero-order chi connectivity index (χ0) is 22.4. The summed E-state index contributed by atoms with van der Waals surface area (Å²) in [7, 11) is -7.74. The van der Waals surface area contributed by atoms with Crippen molar-refractivity contribution in [2.75, 3.05) is 0 Å². The average molecular weight is 455 g/mol. The lowest BCUT2D eigenvalue weighted by Crippen LogP contribution is -2.01. The molecule has 6 nitrogen and oxygen atoms in total. The minimum absolute atomic E-state index is 0.0156. The first-order chi connectivity index (χ1) is 14.7. The lowest BCUT2D eigenvalue weighted by molar-refractivity contribution is 0.104. The maximum atomic E-state index is 12.7. The third-order valence-electron chi connectivity index (χ3n) is 5.19. The van der Waals surface area contributed by atoms with Crippen molar-refractivity contribution in [1.82, 2.24) is 0 Å². The van der Waals surface area contributed by atoms with E-state index in [-0.39, 0.29) is 36.5 Å². The fourth-order valence-electron chi connectivity index (χ4n) is 3.53.